The van der Waals surface area contributed by atoms with Crippen LogP contribution in [0.15, 0.2) is 24.3 Å². The lowest BCUT2D eigenvalue weighted by Crippen LogP contribution is -2.07. The van der Waals surface area contributed by atoms with E-state index in [-0.39, 0.29) is 10.9 Å². The third-order valence-corrected chi connectivity index (χ3v) is 2.07. The Morgan fingerprint density at radius 1 is 1.29 bits per heavy atom. The van der Waals surface area contributed by atoms with Crippen LogP contribution in [0, 0.1) is 0 Å². The van der Waals surface area contributed by atoms with Gasteiger partial charge in [0.25, 0.3) is 0 Å². The molecule has 0 saturated heterocycles. The Hall–Kier alpha value is -0.310. The lowest BCUT2D eigenvalue weighted by Gasteiger charge is -2.09. The van der Waals surface area contributed by atoms with Gasteiger partial charge in [-0.05, 0) is 11.6 Å². The maximum absolute atomic E-state index is 12.2. The van der Waals surface area contributed by atoms with Gasteiger partial charge < -0.3 is 0 Å². The first kappa shape index (κ1) is 16.7. The van der Waals surface area contributed by atoms with Crippen LogP contribution in [0.3, 0.4) is 0 Å². The summed E-state index contributed by atoms with van der Waals surface area (Å²) in [5, 5.41) is 0.225. The van der Waals surface area contributed by atoms with Gasteiger partial charge in [-0.25, -0.2) is 0 Å². The predicted molar refractivity (Wildman–Crippen MR) is 61.5 cm³/mol. The molecule has 17 heavy (non-hydrogen) atoms. The van der Waals surface area contributed by atoms with E-state index in [1.807, 2.05) is 0 Å². The molecular formula is C8H7BrClF3O3S. The molecule has 0 aliphatic carbocycles. The fraction of sp³-hybridized carbons (Fsp3) is 0.250. The Kier molecular flexibility index (Phi) is 6.46. The minimum Gasteiger partial charge on any atom is -0.273 e. The van der Waals surface area contributed by atoms with Crippen molar-refractivity contribution in [3.05, 3.63) is 35.4 Å². The number of hydrogen-bond acceptors (Lipinski definition) is 2. The van der Waals surface area contributed by atoms with Crippen LogP contribution in [0.5, 0.6) is 0 Å². The molecule has 0 fully saturated rings. The molecule has 1 N–H and O–H groups in total. The largest absolute Gasteiger partial charge is 0.416 e. The van der Waals surface area contributed by atoms with Crippen LogP contribution in [0.25, 0.3) is 0 Å². The second-order valence-corrected chi connectivity index (χ2v) is 5.26. The van der Waals surface area contributed by atoms with Crippen molar-refractivity contribution >= 4 is 35.9 Å². The van der Waals surface area contributed by atoms with E-state index in [9.17, 15) is 13.2 Å². The van der Waals surface area contributed by atoms with E-state index >= 15 is 0 Å². The fourth-order valence-electron chi connectivity index (χ4n) is 0.913. The SMILES string of the molecule is FC(F)(F)c1ccccc1CBr.O=S(=O)(O)Cl. The molecular weight excluding hydrogens is 349 g/mol. The number of hydrogen-bond donors (Lipinski definition) is 1. The molecule has 0 atom stereocenters. The molecule has 0 bridgehead atoms. The van der Waals surface area contributed by atoms with Gasteiger partial charge in [0.15, 0.2) is 0 Å². The highest BCUT2D eigenvalue weighted by Gasteiger charge is 2.32. The minimum absolute atomic E-state index is 0.225. The molecule has 3 nitrogen and oxygen atoms in total. The zero-order valence-corrected chi connectivity index (χ0v) is 11.2. The molecule has 0 unspecified atom stereocenters. The van der Waals surface area contributed by atoms with E-state index < -0.39 is 21.1 Å². The fourth-order valence-corrected chi connectivity index (χ4v) is 1.40. The van der Waals surface area contributed by atoms with Gasteiger partial charge >= 0.3 is 15.5 Å². The zero-order valence-electron chi connectivity index (χ0n) is 8.08. The summed E-state index contributed by atoms with van der Waals surface area (Å²) in [5.41, 5.74) is -0.299. The number of halogens is 5. The summed E-state index contributed by atoms with van der Waals surface area (Å²) in [6, 6.07) is 5.51. The van der Waals surface area contributed by atoms with Gasteiger partial charge in [-0.3, -0.25) is 4.55 Å². The van der Waals surface area contributed by atoms with E-state index in [2.05, 4.69) is 26.6 Å². The highest BCUT2D eigenvalue weighted by atomic mass is 79.9. The van der Waals surface area contributed by atoms with Crippen LogP contribution < -0.4 is 0 Å². The van der Waals surface area contributed by atoms with Crippen molar-refractivity contribution < 1.29 is 26.1 Å². The van der Waals surface area contributed by atoms with E-state index in [4.69, 9.17) is 13.0 Å². The Bertz CT molecular complexity index is 453. The van der Waals surface area contributed by atoms with E-state index in [1.165, 1.54) is 12.1 Å². The summed E-state index contributed by atoms with van der Waals surface area (Å²) in [5.74, 6) is 0. The van der Waals surface area contributed by atoms with Gasteiger partial charge in [-0.2, -0.15) is 21.6 Å². The smallest absolute Gasteiger partial charge is 0.273 e. The first-order valence-corrected chi connectivity index (χ1v) is 7.32. The quantitative estimate of drug-likeness (QED) is 0.475. The predicted octanol–water partition coefficient (Wildman–Crippen LogP) is 3.63. The average molecular weight is 356 g/mol. The lowest BCUT2D eigenvalue weighted by atomic mass is 10.1. The van der Waals surface area contributed by atoms with Gasteiger partial charge in [-0.15, -0.1) is 0 Å². The molecule has 0 heterocycles. The molecule has 0 aromatic heterocycles. The second kappa shape index (κ2) is 6.58. The van der Waals surface area contributed by atoms with Crippen LogP contribution in [-0.4, -0.2) is 13.0 Å². The van der Waals surface area contributed by atoms with Gasteiger partial charge in [-0.1, -0.05) is 34.1 Å². The van der Waals surface area contributed by atoms with Crippen molar-refractivity contribution in [1.29, 1.82) is 0 Å². The summed E-state index contributed by atoms with van der Waals surface area (Å²) in [7, 11) is -0.137. The molecule has 0 aliphatic rings. The van der Waals surface area contributed by atoms with Crippen LogP contribution in [0.2, 0.25) is 0 Å². The van der Waals surface area contributed by atoms with Crippen molar-refractivity contribution in [2.75, 3.05) is 0 Å². The van der Waals surface area contributed by atoms with Gasteiger partial charge in [0.05, 0.1) is 5.56 Å². The summed E-state index contributed by atoms with van der Waals surface area (Å²) < 4.78 is 61.8. The Morgan fingerprint density at radius 3 is 2.00 bits per heavy atom. The molecule has 0 saturated carbocycles. The molecule has 0 amide bonds. The lowest BCUT2D eigenvalue weighted by molar-refractivity contribution is -0.138. The summed E-state index contributed by atoms with van der Waals surface area (Å²) in [4.78, 5) is 0. The Morgan fingerprint density at radius 2 is 1.71 bits per heavy atom. The topological polar surface area (TPSA) is 54.4 Å². The number of benzene rings is 1. The van der Waals surface area contributed by atoms with Crippen LogP contribution >= 0.6 is 26.6 Å². The molecule has 0 radical (unpaired) electrons. The van der Waals surface area contributed by atoms with E-state index in [0.717, 1.165) is 6.07 Å². The molecule has 1 rings (SSSR count). The van der Waals surface area contributed by atoms with Gasteiger partial charge in [0.1, 0.15) is 0 Å². The standard InChI is InChI=1S/C8H6BrF3.ClHO3S/c9-5-6-3-1-2-4-7(6)8(10,11)12;1-5(2,3)4/h1-4H,5H2;(H,2,3,4). The maximum Gasteiger partial charge on any atom is 0.416 e. The highest BCUT2D eigenvalue weighted by molar-refractivity contribution is 9.08. The molecule has 1 aromatic carbocycles. The van der Waals surface area contributed by atoms with Gasteiger partial charge in [0, 0.05) is 16.0 Å². The van der Waals surface area contributed by atoms with Crippen LogP contribution in [0.4, 0.5) is 13.2 Å². The van der Waals surface area contributed by atoms with Crippen molar-refractivity contribution in [3.8, 4) is 0 Å². The molecule has 0 aliphatic heterocycles. The van der Waals surface area contributed by atoms with Gasteiger partial charge in [0.2, 0.25) is 0 Å². The first-order valence-electron chi connectivity index (χ1n) is 3.94. The normalized spacial score (nSPS) is 11.6. The molecule has 9 heteroatoms. The second-order valence-electron chi connectivity index (χ2n) is 2.70. The molecule has 98 valence electrons. The first-order chi connectivity index (χ1) is 7.55. The third kappa shape index (κ3) is 8.42. The van der Waals surface area contributed by atoms with Crippen LogP contribution in [-0.2, 0) is 20.8 Å². The molecule has 1 aromatic rings. The summed E-state index contributed by atoms with van der Waals surface area (Å²) >= 11 is 3.00. The van der Waals surface area contributed by atoms with Crippen molar-refractivity contribution in [3.63, 3.8) is 0 Å². The van der Waals surface area contributed by atoms with E-state index in [1.54, 1.807) is 6.07 Å². The zero-order chi connectivity index (χ0) is 13.7. The maximum atomic E-state index is 12.2. The van der Waals surface area contributed by atoms with Crippen molar-refractivity contribution in [2.24, 2.45) is 0 Å². The molecule has 0 spiro atoms. The minimum atomic E-state index is -4.25. The number of rotatable bonds is 1. The monoisotopic (exact) mass is 354 g/mol. The summed E-state index contributed by atoms with van der Waals surface area (Å²) in [6.45, 7) is 0. The van der Waals surface area contributed by atoms with Crippen molar-refractivity contribution in [2.45, 2.75) is 11.5 Å². The third-order valence-electron chi connectivity index (χ3n) is 1.47. The Balaban J connectivity index is 0.000000437. The van der Waals surface area contributed by atoms with Crippen LogP contribution in [0.1, 0.15) is 11.1 Å². The van der Waals surface area contributed by atoms with Crippen molar-refractivity contribution in [1.82, 2.24) is 0 Å². The average Bonchev–Trinajstić information content (AvgIpc) is 2.14. The summed E-state index contributed by atoms with van der Waals surface area (Å²) in [6.07, 6.45) is -4.25. The Labute approximate surface area is 109 Å². The highest BCUT2D eigenvalue weighted by Crippen LogP contribution is 2.32. The van der Waals surface area contributed by atoms with E-state index in [0.29, 0.717) is 0 Å². The number of alkyl halides is 4.